The lowest BCUT2D eigenvalue weighted by Crippen LogP contribution is -2.35. The number of nitrogens with zero attached hydrogens (tertiary/aromatic N) is 4. The van der Waals surface area contributed by atoms with Crippen molar-refractivity contribution in [3.05, 3.63) is 41.6 Å². The predicted octanol–water partition coefficient (Wildman–Crippen LogP) is 3.50. The topological polar surface area (TPSA) is 119 Å². The number of hydrogen-bond donors (Lipinski definition) is 2. The van der Waals surface area contributed by atoms with Gasteiger partial charge in [-0.3, -0.25) is 9.69 Å². The number of amides is 2. The SMILES string of the molecule is CCOc1ccc2cc1Nc1cc(N(C)C(=O)OC(C)(C)C)n3ncc(c3n1)C(=O)NCCOC2. The van der Waals surface area contributed by atoms with E-state index in [0.717, 1.165) is 5.56 Å². The maximum Gasteiger partial charge on any atom is 0.415 e. The van der Waals surface area contributed by atoms with Crippen LogP contribution in [0.15, 0.2) is 30.5 Å². The molecule has 1 aliphatic rings. The zero-order valence-corrected chi connectivity index (χ0v) is 20.5. The van der Waals surface area contributed by atoms with E-state index in [0.29, 0.717) is 49.4 Å². The van der Waals surface area contributed by atoms with Gasteiger partial charge in [-0.25, -0.2) is 9.78 Å². The third kappa shape index (κ3) is 5.46. The number of aromatic nitrogens is 3. The number of benzene rings is 1. The van der Waals surface area contributed by atoms with Crippen molar-refractivity contribution in [2.75, 3.05) is 37.0 Å². The summed E-state index contributed by atoms with van der Waals surface area (Å²) in [5.74, 6) is 1.06. The molecule has 1 aromatic carbocycles. The molecular formula is C24H30N6O5. The quantitative estimate of drug-likeness (QED) is 0.582. The summed E-state index contributed by atoms with van der Waals surface area (Å²) in [6, 6.07) is 7.38. The fourth-order valence-corrected chi connectivity index (χ4v) is 3.54. The monoisotopic (exact) mass is 482 g/mol. The van der Waals surface area contributed by atoms with Crippen molar-refractivity contribution in [2.24, 2.45) is 0 Å². The maximum absolute atomic E-state index is 12.9. The number of ether oxygens (including phenoxy) is 3. The molecule has 2 amide bonds. The second-order valence-corrected chi connectivity index (χ2v) is 9.03. The summed E-state index contributed by atoms with van der Waals surface area (Å²) in [5, 5.41) is 10.4. The van der Waals surface area contributed by atoms with Gasteiger partial charge in [0.2, 0.25) is 0 Å². The van der Waals surface area contributed by atoms with Crippen molar-refractivity contribution in [1.29, 1.82) is 0 Å². The molecule has 4 bridgehead atoms. The van der Waals surface area contributed by atoms with E-state index in [4.69, 9.17) is 14.2 Å². The number of hydrogen-bond acceptors (Lipinski definition) is 8. The van der Waals surface area contributed by atoms with E-state index in [1.165, 1.54) is 15.6 Å². The van der Waals surface area contributed by atoms with Gasteiger partial charge in [0.1, 0.15) is 28.5 Å². The number of anilines is 3. The Morgan fingerprint density at radius 1 is 1.29 bits per heavy atom. The van der Waals surface area contributed by atoms with Crippen LogP contribution in [0.25, 0.3) is 5.65 Å². The highest BCUT2D eigenvalue weighted by Crippen LogP contribution is 2.31. The fraction of sp³-hybridized carbons (Fsp3) is 0.417. The van der Waals surface area contributed by atoms with Crippen LogP contribution in [0.4, 0.5) is 22.1 Å². The molecule has 11 nitrogen and oxygen atoms in total. The van der Waals surface area contributed by atoms with Gasteiger partial charge in [0.25, 0.3) is 5.91 Å². The molecule has 35 heavy (non-hydrogen) atoms. The first-order valence-corrected chi connectivity index (χ1v) is 11.4. The third-order valence-electron chi connectivity index (χ3n) is 5.12. The highest BCUT2D eigenvalue weighted by molar-refractivity contribution is 6.00. The van der Waals surface area contributed by atoms with Gasteiger partial charge in [-0.05, 0) is 45.4 Å². The van der Waals surface area contributed by atoms with E-state index in [1.54, 1.807) is 33.9 Å². The minimum absolute atomic E-state index is 0.267. The van der Waals surface area contributed by atoms with E-state index in [9.17, 15) is 9.59 Å². The Bertz CT molecular complexity index is 1250. The average molecular weight is 483 g/mol. The van der Waals surface area contributed by atoms with Crippen LogP contribution in [0.1, 0.15) is 43.6 Å². The standard InChI is InChI=1S/C24H30N6O5/c1-6-34-18-8-7-15-11-17(18)27-19-12-20(29(5)23(32)35-24(2,3)4)30-21(28-19)16(13-26-30)22(31)25-9-10-33-14-15/h7-8,11-13H,6,9-10,14H2,1-5H3,(H,25,31)(H,27,28). The summed E-state index contributed by atoms with van der Waals surface area (Å²) in [4.78, 5) is 31.7. The zero-order chi connectivity index (χ0) is 25.2. The van der Waals surface area contributed by atoms with Crippen LogP contribution in [0.5, 0.6) is 5.75 Å². The minimum atomic E-state index is -0.684. The zero-order valence-electron chi connectivity index (χ0n) is 20.5. The number of rotatable bonds is 3. The molecule has 0 saturated heterocycles. The molecule has 186 valence electrons. The first kappa shape index (κ1) is 24.3. The van der Waals surface area contributed by atoms with Crippen LogP contribution in [0.2, 0.25) is 0 Å². The Kier molecular flexibility index (Phi) is 6.79. The number of carbonyl (C=O) groups excluding carboxylic acids is 2. The number of fused-ring (bicyclic) bond motifs is 3. The van der Waals surface area contributed by atoms with Gasteiger partial charge in [-0.15, -0.1) is 0 Å². The molecule has 0 aliphatic carbocycles. The summed E-state index contributed by atoms with van der Waals surface area (Å²) in [5.41, 5.74) is 1.47. The van der Waals surface area contributed by atoms with Crippen molar-refractivity contribution in [1.82, 2.24) is 19.9 Å². The Labute approximate surface area is 203 Å². The Balaban J connectivity index is 1.85. The first-order valence-electron chi connectivity index (χ1n) is 11.4. The highest BCUT2D eigenvalue weighted by atomic mass is 16.6. The second-order valence-electron chi connectivity index (χ2n) is 9.03. The summed E-state index contributed by atoms with van der Waals surface area (Å²) in [7, 11) is 1.58. The van der Waals surface area contributed by atoms with E-state index in [1.807, 2.05) is 25.1 Å². The van der Waals surface area contributed by atoms with Crippen LogP contribution in [0.3, 0.4) is 0 Å². The van der Waals surface area contributed by atoms with Crippen LogP contribution >= 0.6 is 0 Å². The van der Waals surface area contributed by atoms with Gasteiger partial charge in [0, 0.05) is 19.7 Å². The van der Waals surface area contributed by atoms with Gasteiger partial charge >= 0.3 is 6.09 Å². The fourth-order valence-electron chi connectivity index (χ4n) is 3.54. The number of nitrogens with one attached hydrogen (secondary N) is 2. The largest absolute Gasteiger partial charge is 0.492 e. The molecule has 1 aliphatic heterocycles. The molecule has 0 radical (unpaired) electrons. The minimum Gasteiger partial charge on any atom is -0.492 e. The lowest BCUT2D eigenvalue weighted by atomic mass is 10.2. The molecule has 2 N–H and O–H groups in total. The molecule has 0 atom stereocenters. The molecule has 0 fully saturated rings. The Hall–Kier alpha value is -3.86. The second kappa shape index (κ2) is 9.79. The van der Waals surface area contributed by atoms with Crippen molar-refractivity contribution in [2.45, 2.75) is 39.9 Å². The molecule has 0 saturated carbocycles. The van der Waals surface area contributed by atoms with Gasteiger partial charge < -0.3 is 24.8 Å². The van der Waals surface area contributed by atoms with Gasteiger partial charge in [-0.2, -0.15) is 9.61 Å². The van der Waals surface area contributed by atoms with Crippen molar-refractivity contribution in [3.63, 3.8) is 0 Å². The summed E-state index contributed by atoms with van der Waals surface area (Å²) in [6.45, 7) is 8.79. The van der Waals surface area contributed by atoms with E-state index >= 15 is 0 Å². The lowest BCUT2D eigenvalue weighted by molar-refractivity contribution is 0.0587. The normalized spacial score (nSPS) is 14.1. The Morgan fingerprint density at radius 3 is 2.83 bits per heavy atom. The molecule has 0 unspecified atom stereocenters. The van der Waals surface area contributed by atoms with Crippen LogP contribution in [0, 0.1) is 0 Å². The summed E-state index contributed by atoms with van der Waals surface area (Å²) < 4.78 is 18.5. The van der Waals surface area contributed by atoms with Gasteiger partial charge in [-0.1, -0.05) is 6.07 Å². The molecule has 2 aromatic heterocycles. The predicted molar refractivity (Wildman–Crippen MR) is 131 cm³/mol. The van der Waals surface area contributed by atoms with Crippen LogP contribution in [-0.2, 0) is 16.1 Å². The Morgan fingerprint density at radius 2 is 2.09 bits per heavy atom. The van der Waals surface area contributed by atoms with Crippen molar-refractivity contribution in [3.8, 4) is 5.75 Å². The van der Waals surface area contributed by atoms with E-state index < -0.39 is 11.7 Å². The average Bonchev–Trinajstić information content (AvgIpc) is 3.22. The molecule has 3 aromatic rings. The van der Waals surface area contributed by atoms with Crippen molar-refractivity contribution < 1.29 is 23.8 Å². The lowest BCUT2D eigenvalue weighted by Gasteiger charge is -2.25. The molecule has 3 heterocycles. The van der Waals surface area contributed by atoms with Crippen LogP contribution in [-0.4, -0.2) is 59.0 Å². The van der Waals surface area contributed by atoms with Gasteiger partial charge in [0.15, 0.2) is 5.65 Å². The number of carbonyl (C=O) groups is 2. The van der Waals surface area contributed by atoms with Crippen molar-refractivity contribution >= 4 is 35.0 Å². The molecular weight excluding hydrogens is 452 g/mol. The third-order valence-corrected chi connectivity index (χ3v) is 5.12. The van der Waals surface area contributed by atoms with E-state index in [-0.39, 0.29) is 17.1 Å². The first-order chi connectivity index (χ1) is 16.7. The smallest absolute Gasteiger partial charge is 0.415 e. The maximum atomic E-state index is 12.9. The molecule has 0 spiro atoms. The molecule has 4 rings (SSSR count). The van der Waals surface area contributed by atoms with E-state index in [2.05, 4.69) is 20.7 Å². The van der Waals surface area contributed by atoms with Gasteiger partial charge in [0.05, 0.1) is 31.7 Å². The molecule has 11 heteroatoms. The highest BCUT2D eigenvalue weighted by Gasteiger charge is 2.25. The van der Waals surface area contributed by atoms with Crippen LogP contribution < -0.4 is 20.3 Å². The summed E-state index contributed by atoms with van der Waals surface area (Å²) >= 11 is 0. The summed E-state index contributed by atoms with van der Waals surface area (Å²) in [6.07, 6.45) is 0.855.